The number of hydrogen-bond donors (Lipinski definition) is 1. The molecule has 3 aromatic rings. The van der Waals surface area contributed by atoms with Crippen molar-refractivity contribution in [3.63, 3.8) is 0 Å². The fourth-order valence-electron chi connectivity index (χ4n) is 3.72. The summed E-state index contributed by atoms with van der Waals surface area (Å²) in [6.07, 6.45) is 0. The molecule has 2 aromatic carbocycles. The van der Waals surface area contributed by atoms with Crippen LogP contribution in [-0.2, 0) is 4.74 Å². The highest BCUT2D eigenvalue weighted by atomic mass is 79.9. The minimum absolute atomic E-state index is 0.00185. The van der Waals surface area contributed by atoms with Crippen molar-refractivity contribution in [2.75, 3.05) is 18.7 Å². The van der Waals surface area contributed by atoms with E-state index >= 15 is 0 Å². The van der Waals surface area contributed by atoms with Crippen molar-refractivity contribution in [2.24, 2.45) is 0 Å². The van der Waals surface area contributed by atoms with Gasteiger partial charge in [0.1, 0.15) is 0 Å². The molecule has 1 aliphatic rings. The first kappa shape index (κ1) is 23.7. The van der Waals surface area contributed by atoms with Crippen molar-refractivity contribution in [3.05, 3.63) is 68.1 Å². The normalized spacial score (nSPS) is 13.3. The van der Waals surface area contributed by atoms with E-state index in [-0.39, 0.29) is 25.1 Å². The van der Waals surface area contributed by atoms with Gasteiger partial charge in [0.25, 0.3) is 0 Å². The van der Waals surface area contributed by atoms with Crippen molar-refractivity contribution in [1.82, 2.24) is 9.55 Å². The third kappa shape index (κ3) is 4.78. The molecule has 7 nitrogen and oxygen atoms in total. The van der Waals surface area contributed by atoms with Gasteiger partial charge in [0.05, 0.1) is 23.4 Å². The molecule has 0 amide bonds. The van der Waals surface area contributed by atoms with Crippen LogP contribution in [0.15, 0.2) is 41.1 Å². The van der Waals surface area contributed by atoms with Crippen LogP contribution in [0.4, 0.5) is 5.69 Å². The number of aromatic nitrogens is 2. The number of benzene rings is 2. The van der Waals surface area contributed by atoms with Crippen LogP contribution < -0.4 is 14.8 Å². The van der Waals surface area contributed by atoms with Crippen molar-refractivity contribution < 1.29 is 19.0 Å². The number of esters is 1. The van der Waals surface area contributed by atoms with Gasteiger partial charge in [-0.3, -0.25) is 0 Å². The van der Waals surface area contributed by atoms with Crippen LogP contribution in [0.5, 0.6) is 11.5 Å². The summed E-state index contributed by atoms with van der Waals surface area (Å²) in [5, 5.41) is 4.52. The Bertz CT molecular complexity index is 1180. The number of carbonyl (C=O) groups excluding carboxylic acids is 1. The number of rotatable bonds is 7. The lowest BCUT2D eigenvalue weighted by Gasteiger charge is -2.25. The molecule has 2 heterocycles. The summed E-state index contributed by atoms with van der Waals surface area (Å²) in [6.45, 7) is 6.14. The Morgan fingerprint density at radius 1 is 1.24 bits per heavy atom. The number of hydrogen-bond acceptors (Lipinski definition) is 6. The lowest BCUT2D eigenvalue weighted by atomic mass is 10.0. The van der Waals surface area contributed by atoms with E-state index in [9.17, 15) is 4.79 Å². The summed E-state index contributed by atoms with van der Waals surface area (Å²) < 4.78 is 18.7. The first-order chi connectivity index (χ1) is 15.8. The molecule has 10 heteroatoms. The second-order valence-electron chi connectivity index (χ2n) is 7.62. The highest BCUT2D eigenvalue weighted by Gasteiger charge is 2.31. The number of fused-ring (bicyclic) bond motifs is 1. The minimum Gasteiger partial charge on any atom is -0.461 e. The SMILES string of the molecule is CCOC(=O)c1nc(Br)n(C(C)C)c1C(Nc1cc(Cl)c2c(c1)OCO2)c1ccc(Cl)cc1. The molecule has 0 bridgehead atoms. The molecule has 0 aliphatic carbocycles. The number of nitrogens with zero attached hydrogens (tertiary/aromatic N) is 2. The summed E-state index contributed by atoms with van der Waals surface area (Å²) in [6, 6.07) is 10.5. The largest absolute Gasteiger partial charge is 0.461 e. The minimum atomic E-state index is -0.503. The maximum absolute atomic E-state index is 12.9. The molecular weight excluding hydrogens is 533 g/mol. The molecule has 1 aliphatic heterocycles. The Morgan fingerprint density at radius 2 is 1.97 bits per heavy atom. The monoisotopic (exact) mass is 553 g/mol. The molecular formula is C23H22BrCl2N3O4. The van der Waals surface area contributed by atoms with Crippen molar-refractivity contribution in [3.8, 4) is 11.5 Å². The second kappa shape index (κ2) is 9.83. The average Bonchev–Trinajstić information content (AvgIpc) is 3.37. The number of halogens is 3. The van der Waals surface area contributed by atoms with Crippen LogP contribution >= 0.6 is 39.1 Å². The van der Waals surface area contributed by atoms with Crippen LogP contribution in [0.1, 0.15) is 54.6 Å². The molecule has 1 N–H and O–H groups in total. The topological polar surface area (TPSA) is 74.6 Å². The Morgan fingerprint density at radius 3 is 2.64 bits per heavy atom. The molecule has 1 atom stereocenters. The summed E-state index contributed by atoms with van der Waals surface area (Å²) >= 11 is 16.1. The molecule has 0 saturated heterocycles. The van der Waals surface area contributed by atoms with Crippen LogP contribution in [-0.4, -0.2) is 28.9 Å². The Balaban J connectivity index is 1.88. The molecule has 174 valence electrons. The van der Waals surface area contributed by atoms with Crippen molar-refractivity contribution in [1.29, 1.82) is 0 Å². The van der Waals surface area contributed by atoms with E-state index in [4.69, 9.17) is 37.4 Å². The highest BCUT2D eigenvalue weighted by Crippen LogP contribution is 2.43. The molecule has 0 radical (unpaired) electrons. The first-order valence-corrected chi connectivity index (χ1v) is 11.9. The maximum Gasteiger partial charge on any atom is 0.358 e. The van der Waals surface area contributed by atoms with Crippen molar-refractivity contribution >= 4 is 50.8 Å². The van der Waals surface area contributed by atoms with E-state index < -0.39 is 12.0 Å². The van der Waals surface area contributed by atoms with Crippen molar-refractivity contribution in [2.45, 2.75) is 32.9 Å². The lowest BCUT2D eigenvalue weighted by molar-refractivity contribution is 0.0518. The predicted molar refractivity (Wildman–Crippen MR) is 131 cm³/mol. The van der Waals surface area contributed by atoms with E-state index in [1.165, 1.54) is 0 Å². The van der Waals surface area contributed by atoms with E-state index in [2.05, 4.69) is 26.2 Å². The van der Waals surface area contributed by atoms with Gasteiger partial charge in [-0.05, 0) is 60.5 Å². The number of anilines is 1. The first-order valence-electron chi connectivity index (χ1n) is 10.4. The van der Waals surface area contributed by atoms with Gasteiger partial charge in [-0.15, -0.1) is 0 Å². The predicted octanol–water partition coefficient (Wildman–Crippen LogP) is 6.64. The number of carbonyl (C=O) groups is 1. The van der Waals surface area contributed by atoms with Crippen LogP contribution in [0, 0.1) is 0 Å². The summed E-state index contributed by atoms with van der Waals surface area (Å²) in [7, 11) is 0. The summed E-state index contributed by atoms with van der Waals surface area (Å²) in [4.78, 5) is 17.4. The lowest BCUT2D eigenvalue weighted by Crippen LogP contribution is -2.21. The van der Waals surface area contributed by atoms with Crippen LogP contribution in [0.3, 0.4) is 0 Å². The zero-order valence-corrected chi connectivity index (χ0v) is 21.3. The van der Waals surface area contributed by atoms with E-state index in [1.54, 1.807) is 25.1 Å². The smallest absolute Gasteiger partial charge is 0.358 e. The number of ether oxygens (including phenoxy) is 3. The maximum atomic E-state index is 12.9. The number of imidazole rings is 1. The fourth-order valence-corrected chi connectivity index (χ4v) is 4.88. The Hall–Kier alpha value is -2.42. The highest BCUT2D eigenvalue weighted by molar-refractivity contribution is 9.10. The molecule has 1 unspecified atom stereocenters. The molecule has 0 fully saturated rings. The van der Waals surface area contributed by atoms with Gasteiger partial charge in [-0.2, -0.15) is 0 Å². The molecule has 0 spiro atoms. The van der Waals surface area contributed by atoms with Gasteiger partial charge in [-0.1, -0.05) is 35.3 Å². The Kier molecular flexibility index (Phi) is 7.07. The second-order valence-corrected chi connectivity index (χ2v) is 9.17. The fraction of sp³-hybridized carbons (Fsp3) is 0.304. The van der Waals surface area contributed by atoms with Gasteiger partial charge in [0, 0.05) is 22.8 Å². The average molecular weight is 555 g/mol. The zero-order chi connectivity index (χ0) is 23.7. The third-order valence-corrected chi connectivity index (χ3v) is 6.20. The third-order valence-electron chi connectivity index (χ3n) is 5.11. The standard InChI is InChI=1S/C23H22BrCl2N3O4/c1-4-31-22(30)19-20(29(12(2)3)23(24)28-19)18(13-5-7-14(25)8-6-13)27-15-9-16(26)21-17(10-15)32-11-33-21/h5-10,12,18,27H,4,11H2,1-3H3. The van der Waals surface area contributed by atoms with Crippen LogP contribution in [0.25, 0.3) is 0 Å². The van der Waals surface area contributed by atoms with E-state index in [1.807, 2.05) is 36.6 Å². The van der Waals surface area contributed by atoms with Gasteiger partial charge in [-0.25, -0.2) is 9.78 Å². The summed E-state index contributed by atoms with van der Waals surface area (Å²) in [5.41, 5.74) is 2.42. The Labute approximate surface area is 210 Å². The van der Waals surface area contributed by atoms with Gasteiger partial charge < -0.3 is 24.1 Å². The van der Waals surface area contributed by atoms with Gasteiger partial charge in [0.15, 0.2) is 21.9 Å². The molecule has 33 heavy (non-hydrogen) atoms. The van der Waals surface area contributed by atoms with E-state index in [0.717, 1.165) is 5.56 Å². The van der Waals surface area contributed by atoms with Gasteiger partial charge in [0.2, 0.25) is 6.79 Å². The number of nitrogens with one attached hydrogen (secondary N) is 1. The van der Waals surface area contributed by atoms with Crippen LogP contribution in [0.2, 0.25) is 10.0 Å². The molecule has 1 aromatic heterocycles. The van der Waals surface area contributed by atoms with Gasteiger partial charge >= 0.3 is 5.97 Å². The zero-order valence-electron chi connectivity index (χ0n) is 18.2. The quantitative estimate of drug-likeness (QED) is 0.330. The molecule has 4 rings (SSSR count). The summed E-state index contributed by atoms with van der Waals surface area (Å²) in [5.74, 6) is 0.550. The molecule has 0 saturated carbocycles. The van der Waals surface area contributed by atoms with E-state index in [0.29, 0.717) is 37.7 Å².